The highest BCUT2D eigenvalue weighted by Gasteiger charge is 2.14. The Bertz CT molecular complexity index is 1300. The Kier molecular flexibility index (Phi) is 5.10. The molecule has 2 aromatic heterocycles. The van der Waals surface area contributed by atoms with Crippen molar-refractivity contribution in [3.8, 4) is 0 Å². The summed E-state index contributed by atoms with van der Waals surface area (Å²) in [6.45, 7) is 1.83. The molecule has 0 aliphatic rings. The second-order valence-corrected chi connectivity index (χ2v) is 6.74. The van der Waals surface area contributed by atoms with E-state index in [1.54, 1.807) is 24.3 Å². The topological polar surface area (TPSA) is 67.5 Å². The van der Waals surface area contributed by atoms with E-state index in [1.807, 2.05) is 31.2 Å². The number of hydrogen-bond donors (Lipinski definition) is 1. The van der Waals surface area contributed by atoms with Gasteiger partial charge in [-0.3, -0.25) is 4.79 Å². The number of aromatic nitrogens is 1. The summed E-state index contributed by atoms with van der Waals surface area (Å²) in [5.41, 5.74) is 1.99. The molecule has 1 amide bonds. The van der Waals surface area contributed by atoms with Crippen LogP contribution >= 0.6 is 11.6 Å². The van der Waals surface area contributed by atoms with Gasteiger partial charge in [0.2, 0.25) is 5.55 Å². The van der Waals surface area contributed by atoms with Gasteiger partial charge >= 0.3 is 0 Å². The molecular formula is C22H15ClFN3O2. The van der Waals surface area contributed by atoms with Crippen molar-refractivity contribution in [2.45, 2.75) is 6.92 Å². The Morgan fingerprint density at radius 1 is 1.10 bits per heavy atom. The smallest absolute Gasteiger partial charge is 0.262 e. The van der Waals surface area contributed by atoms with Gasteiger partial charge in [0, 0.05) is 11.1 Å². The quantitative estimate of drug-likeness (QED) is 0.493. The molecule has 2 heterocycles. The summed E-state index contributed by atoms with van der Waals surface area (Å²) in [6, 6.07) is 18.3. The molecule has 0 aliphatic heterocycles. The number of carbonyl (C=O) groups is 1. The fraction of sp³-hybridized carbons (Fsp3) is 0.0455. The highest BCUT2D eigenvalue weighted by atomic mass is 35.5. The van der Waals surface area contributed by atoms with Gasteiger partial charge in [-0.1, -0.05) is 35.9 Å². The van der Waals surface area contributed by atoms with Crippen molar-refractivity contribution in [3.63, 3.8) is 0 Å². The predicted molar refractivity (Wildman–Crippen MR) is 110 cm³/mol. The Labute approximate surface area is 170 Å². The number of pyridine rings is 1. The van der Waals surface area contributed by atoms with Gasteiger partial charge in [0.15, 0.2) is 0 Å². The fourth-order valence-electron chi connectivity index (χ4n) is 2.78. The highest BCUT2D eigenvalue weighted by Crippen LogP contribution is 2.22. The van der Waals surface area contributed by atoms with Gasteiger partial charge in [0.05, 0.1) is 10.7 Å². The molecule has 4 aromatic rings. The largest absolute Gasteiger partial charge is 0.438 e. The SMILES string of the molecule is Cc1cccc(NC(=O)c2cc3ccccc3oc2=Nc2ccc(F)c(Cl)c2)n1. The van der Waals surface area contributed by atoms with E-state index in [0.717, 1.165) is 11.1 Å². The molecule has 1 N–H and O–H groups in total. The van der Waals surface area contributed by atoms with Crippen LogP contribution in [0.3, 0.4) is 0 Å². The number of benzene rings is 2. The van der Waals surface area contributed by atoms with E-state index in [4.69, 9.17) is 16.0 Å². The molecule has 0 atom stereocenters. The number of rotatable bonds is 3. The summed E-state index contributed by atoms with van der Waals surface area (Å²) in [5, 5.41) is 3.43. The molecule has 0 bridgehead atoms. The van der Waals surface area contributed by atoms with Crippen molar-refractivity contribution in [3.05, 3.63) is 94.4 Å². The minimum Gasteiger partial charge on any atom is -0.438 e. The summed E-state index contributed by atoms with van der Waals surface area (Å²) in [4.78, 5) is 21.6. The number of nitrogens with one attached hydrogen (secondary N) is 1. The minimum absolute atomic E-state index is 0.0676. The van der Waals surface area contributed by atoms with Crippen LogP contribution in [-0.4, -0.2) is 10.9 Å². The van der Waals surface area contributed by atoms with Crippen LogP contribution in [0.25, 0.3) is 11.0 Å². The van der Waals surface area contributed by atoms with Crippen molar-refractivity contribution in [2.24, 2.45) is 4.99 Å². The van der Waals surface area contributed by atoms with Crippen molar-refractivity contribution < 1.29 is 13.6 Å². The Morgan fingerprint density at radius 3 is 2.72 bits per heavy atom. The van der Waals surface area contributed by atoms with Crippen LogP contribution in [0.1, 0.15) is 16.1 Å². The Morgan fingerprint density at radius 2 is 1.93 bits per heavy atom. The molecule has 0 fully saturated rings. The minimum atomic E-state index is -0.551. The van der Waals surface area contributed by atoms with Crippen LogP contribution in [0.2, 0.25) is 5.02 Å². The molecule has 5 nitrogen and oxygen atoms in total. The summed E-state index contributed by atoms with van der Waals surface area (Å²) < 4.78 is 19.3. The van der Waals surface area contributed by atoms with E-state index in [1.165, 1.54) is 18.2 Å². The maximum absolute atomic E-state index is 13.5. The highest BCUT2D eigenvalue weighted by molar-refractivity contribution is 6.31. The number of nitrogens with zero attached hydrogens (tertiary/aromatic N) is 2. The van der Waals surface area contributed by atoms with E-state index in [2.05, 4.69) is 15.3 Å². The van der Waals surface area contributed by atoms with E-state index in [9.17, 15) is 9.18 Å². The summed E-state index contributed by atoms with van der Waals surface area (Å²) >= 11 is 5.85. The summed E-state index contributed by atoms with van der Waals surface area (Å²) in [6.07, 6.45) is 0. The average molecular weight is 408 g/mol. The molecular weight excluding hydrogens is 393 g/mol. The number of amides is 1. The van der Waals surface area contributed by atoms with Crippen molar-refractivity contribution in [1.82, 2.24) is 4.98 Å². The van der Waals surface area contributed by atoms with Crippen molar-refractivity contribution in [1.29, 1.82) is 0 Å². The summed E-state index contributed by atoms with van der Waals surface area (Å²) in [7, 11) is 0. The van der Waals surface area contributed by atoms with Crippen molar-refractivity contribution in [2.75, 3.05) is 5.32 Å². The zero-order valence-electron chi connectivity index (χ0n) is 15.3. The summed E-state index contributed by atoms with van der Waals surface area (Å²) in [5.74, 6) is -0.562. The molecule has 0 unspecified atom stereocenters. The first kappa shape index (κ1) is 18.8. The number of para-hydroxylation sites is 1. The van der Waals surface area contributed by atoms with Gasteiger partial charge in [0.25, 0.3) is 5.91 Å². The van der Waals surface area contributed by atoms with Gasteiger partial charge in [0.1, 0.15) is 22.8 Å². The molecule has 4 rings (SSSR count). The fourth-order valence-corrected chi connectivity index (χ4v) is 2.96. The van der Waals surface area contributed by atoms with Gasteiger partial charge in [-0.25, -0.2) is 14.4 Å². The molecule has 0 saturated carbocycles. The van der Waals surface area contributed by atoms with E-state index in [0.29, 0.717) is 17.1 Å². The maximum atomic E-state index is 13.5. The van der Waals surface area contributed by atoms with Crippen LogP contribution in [0.5, 0.6) is 0 Å². The Hall–Kier alpha value is -3.51. The molecule has 0 radical (unpaired) electrons. The molecule has 0 saturated heterocycles. The van der Waals surface area contributed by atoms with Gasteiger partial charge in [-0.15, -0.1) is 0 Å². The number of fused-ring (bicyclic) bond motifs is 1. The molecule has 29 heavy (non-hydrogen) atoms. The predicted octanol–water partition coefficient (Wildman–Crippen LogP) is 5.41. The molecule has 7 heteroatoms. The van der Waals surface area contributed by atoms with E-state index >= 15 is 0 Å². The first-order chi connectivity index (χ1) is 14.0. The first-order valence-corrected chi connectivity index (χ1v) is 9.15. The third-order valence-electron chi connectivity index (χ3n) is 4.16. The monoisotopic (exact) mass is 407 g/mol. The second kappa shape index (κ2) is 7.85. The molecule has 0 aliphatic carbocycles. The number of hydrogen-bond acceptors (Lipinski definition) is 4. The van der Waals surface area contributed by atoms with Crippen LogP contribution in [0.15, 0.2) is 76.1 Å². The normalized spacial score (nSPS) is 11.6. The third kappa shape index (κ3) is 4.17. The van der Waals surface area contributed by atoms with Crippen LogP contribution in [-0.2, 0) is 0 Å². The first-order valence-electron chi connectivity index (χ1n) is 8.77. The van der Waals surface area contributed by atoms with E-state index < -0.39 is 11.7 Å². The number of anilines is 1. The lowest BCUT2D eigenvalue weighted by molar-refractivity contribution is 0.102. The van der Waals surface area contributed by atoms with Crippen LogP contribution < -0.4 is 10.9 Å². The molecule has 2 aromatic carbocycles. The zero-order chi connectivity index (χ0) is 20.4. The van der Waals surface area contributed by atoms with Gasteiger partial charge in [-0.2, -0.15) is 0 Å². The third-order valence-corrected chi connectivity index (χ3v) is 4.45. The van der Waals surface area contributed by atoms with Crippen LogP contribution in [0.4, 0.5) is 15.9 Å². The maximum Gasteiger partial charge on any atom is 0.262 e. The second-order valence-electron chi connectivity index (χ2n) is 6.33. The van der Waals surface area contributed by atoms with Crippen LogP contribution in [0, 0.1) is 12.7 Å². The lowest BCUT2D eigenvalue weighted by atomic mass is 10.1. The van der Waals surface area contributed by atoms with E-state index in [-0.39, 0.29) is 16.1 Å². The zero-order valence-corrected chi connectivity index (χ0v) is 16.1. The number of halogens is 2. The number of carbonyl (C=O) groups excluding carboxylic acids is 1. The standard InChI is InChI=1S/C22H15ClFN3O2/c1-13-5-4-8-20(25-13)27-21(28)16-11-14-6-2-3-7-19(14)29-22(16)26-15-9-10-18(24)17(23)12-15/h2-12H,1H3,(H,25,27,28). The lowest BCUT2D eigenvalue weighted by Crippen LogP contribution is -2.22. The lowest BCUT2D eigenvalue weighted by Gasteiger charge is -2.07. The van der Waals surface area contributed by atoms with Gasteiger partial charge in [-0.05, 0) is 49.4 Å². The number of aryl methyl sites for hydroxylation is 1. The molecule has 144 valence electrons. The van der Waals surface area contributed by atoms with Gasteiger partial charge < -0.3 is 9.73 Å². The average Bonchev–Trinajstić information content (AvgIpc) is 2.70. The van der Waals surface area contributed by atoms with Crippen molar-refractivity contribution >= 4 is 40.0 Å². The molecule has 0 spiro atoms. The Balaban J connectivity index is 1.84.